The third kappa shape index (κ3) is 4.99. The van der Waals surface area contributed by atoms with Crippen molar-refractivity contribution < 1.29 is 0 Å². The Balaban J connectivity index is 1.90. The van der Waals surface area contributed by atoms with Gasteiger partial charge >= 0.3 is 0 Å². The van der Waals surface area contributed by atoms with Crippen molar-refractivity contribution in [1.82, 2.24) is 25.2 Å². The number of nitrogens with zero attached hydrogens (tertiary/aromatic N) is 4. The molecule has 0 bridgehead atoms. The standard InChI is InChI=1S/C17H26N6S/c1-13-19-8-9-23(13)15-7-6-14(10-20-15)11-21-16(18-4)22-12-17(2,3)24-5/h6-10H,11-12H2,1-5H3,(H2,18,21,22). The van der Waals surface area contributed by atoms with Crippen LogP contribution in [-0.2, 0) is 6.54 Å². The molecule has 0 atom stereocenters. The maximum Gasteiger partial charge on any atom is 0.191 e. The Morgan fingerprint density at radius 3 is 2.62 bits per heavy atom. The first-order chi connectivity index (χ1) is 11.4. The van der Waals surface area contributed by atoms with Crippen LogP contribution in [0.5, 0.6) is 0 Å². The van der Waals surface area contributed by atoms with Gasteiger partial charge in [-0.2, -0.15) is 11.8 Å². The topological polar surface area (TPSA) is 67.1 Å². The number of guanidine groups is 1. The second-order valence-corrected chi connectivity index (χ2v) is 7.63. The van der Waals surface area contributed by atoms with E-state index < -0.39 is 0 Å². The molecule has 0 aliphatic rings. The van der Waals surface area contributed by atoms with E-state index in [1.807, 2.05) is 41.7 Å². The van der Waals surface area contributed by atoms with E-state index in [9.17, 15) is 0 Å². The van der Waals surface area contributed by atoms with E-state index in [-0.39, 0.29) is 4.75 Å². The fourth-order valence-corrected chi connectivity index (χ4v) is 2.28. The van der Waals surface area contributed by atoms with E-state index in [2.05, 4.69) is 51.8 Å². The lowest BCUT2D eigenvalue weighted by molar-refractivity contribution is 0.664. The summed E-state index contributed by atoms with van der Waals surface area (Å²) >= 11 is 1.83. The zero-order valence-electron chi connectivity index (χ0n) is 15.0. The fraction of sp³-hybridized carbons (Fsp3) is 0.471. The first-order valence-corrected chi connectivity index (χ1v) is 9.12. The zero-order chi connectivity index (χ0) is 17.6. The van der Waals surface area contributed by atoms with Gasteiger partial charge in [0.15, 0.2) is 5.96 Å². The summed E-state index contributed by atoms with van der Waals surface area (Å²) in [5.74, 6) is 2.60. The molecule has 2 aromatic rings. The molecule has 0 spiro atoms. The van der Waals surface area contributed by atoms with Crippen LogP contribution in [0, 0.1) is 6.92 Å². The van der Waals surface area contributed by atoms with Crippen molar-refractivity contribution >= 4 is 17.7 Å². The molecule has 0 amide bonds. The van der Waals surface area contributed by atoms with E-state index in [1.54, 1.807) is 13.2 Å². The van der Waals surface area contributed by atoms with Gasteiger partial charge in [0.05, 0.1) is 0 Å². The third-order valence-corrected chi connectivity index (χ3v) is 5.05. The summed E-state index contributed by atoms with van der Waals surface area (Å²) in [6.07, 6.45) is 7.68. The average Bonchev–Trinajstić information content (AvgIpc) is 3.01. The molecule has 0 saturated carbocycles. The number of aryl methyl sites for hydroxylation is 1. The number of pyridine rings is 1. The maximum atomic E-state index is 4.50. The van der Waals surface area contributed by atoms with Gasteiger partial charge in [0.25, 0.3) is 0 Å². The Bertz CT molecular complexity index is 675. The second kappa shape index (κ2) is 8.19. The van der Waals surface area contributed by atoms with Gasteiger partial charge in [-0.25, -0.2) is 9.97 Å². The molecule has 130 valence electrons. The Labute approximate surface area is 148 Å². The van der Waals surface area contributed by atoms with Crippen LogP contribution in [0.25, 0.3) is 5.82 Å². The Morgan fingerprint density at radius 1 is 1.29 bits per heavy atom. The molecule has 0 aliphatic carbocycles. The van der Waals surface area contributed by atoms with Crippen LogP contribution >= 0.6 is 11.8 Å². The summed E-state index contributed by atoms with van der Waals surface area (Å²) in [6, 6.07) is 4.06. The lowest BCUT2D eigenvalue weighted by atomic mass is 10.2. The van der Waals surface area contributed by atoms with Gasteiger partial charge < -0.3 is 10.6 Å². The quantitative estimate of drug-likeness (QED) is 0.621. The normalized spacial score (nSPS) is 12.3. The summed E-state index contributed by atoms with van der Waals surface area (Å²) < 4.78 is 2.13. The molecule has 2 heterocycles. The maximum absolute atomic E-state index is 4.50. The number of imidazole rings is 1. The van der Waals surface area contributed by atoms with Gasteiger partial charge in [-0.05, 0) is 38.7 Å². The highest BCUT2D eigenvalue weighted by atomic mass is 32.2. The SMILES string of the molecule is CN=C(NCc1ccc(-n2ccnc2C)nc1)NCC(C)(C)SC. The van der Waals surface area contributed by atoms with Crippen LogP contribution in [-0.4, -0.2) is 45.1 Å². The number of aromatic nitrogens is 3. The minimum atomic E-state index is 0.170. The van der Waals surface area contributed by atoms with E-state index in [0.29, 0.717) is 6.54 Å². The van der Waals surface area contributed by atoms with E-state index in [4.69, 9.17) is 0 Å². The predicted molar refractivity (Wildman–Crippen MR) is 102 cm³/mol. The third-order valence-electron chi connectivity index (χ3n) is 3.80. The van der Waals surface area contributed by atoms with E-state index in [0.717, 1.165) is 29.7 Å². The highest BCUT2D eigenvalue weighted by molar-refractivity contribution is 7.99. The van der Waals surface area contributed by atoms with Crippen molar-refractivity contribution in [3.05, 3.63) is 42.1 Å². The van der Waals surface area contributed by atoms with Crippen LogP contribution in [0.3, 0.4) is 0 Å². The van der Waals surface area contributed by atoms with Crippen LogP contribution in [0.4, 0.5) is 0 Å². The molecule has 0 fully saturated rings. The van der Waals surface area contributed by atoms with Gasteiger partial charge in [-0.1, -0.05) is 6.07 Å². The number of nitrogens with one attached hydrogen (secondary N) is 2. The second-order valence-electron chi connectivity index (χ2n) is 6.11. The molecule has 6 nitrogen and oxygen atoms in total. The molecular weight excluding hydrogens is 320 g/mol. The molecule has 0 aliphatic heterocycles. The zero-order valence-corrected chi connectivity index (χ0v) is 15.8. The number of aliphatic imine (C=N–C) groups is 1. The lowest BCUT2D eigenvalue weighted by Crippen LogP contribution is -2.43. The first-order valence-electron chi connectivity index (χ1n) is 7.90. The molecule has 0 saturated heterocycles. The molecule has 7 heteroatoms. The summed E-state index contributed by atoms with van der Waals surface area (Å²) in [4.78, 5) is 13.0. The van der Waals surface area contributed by atoms with E-state index >= 15 is 0 Å². The summed E-state index contributed by atoms with van der Waals surface area (Å²) in [6.45, 7) is 7.90. The van der Waals surface area contributed by atoms with Gasteiger partial charge in [0.1, 0.15) is 11.6 Å². The number of hydrogen-bond donors (Lipinski definition) is 2. The first kappa shape index (κ1) is 18.3. The van der Waals surface area contributed by atoms with E-state index in [1.165, 1.54) is 0 Å². The van der Waals surface area contributed by atoms with Gasteiger partial charge in [-0.15, -0.1) is 0 Å². The number of thioether (sulfide) groups is 1. The smallest absolute Gasteiger partial charge is 0.191 e. The Kier molecular flexibility index (Phi) is 6.25. The molecule has 0 unspecified atom stereocenters. The van der Waals surface area contributed by atoms with Crippen LogP contribution in [0.1, 0.15) is 25.2 Å². The highest BCUT2D eigenvalue weighted by Gasteiger charge is 2.16. The van der Waals surface area contributed by atoms with Crippen molar-refractivity contribution in [2.45, 2.75) is 32.1 Å². The van der Waals surface area contributed by atoms with Crippen molar-refractivity contribution in [2.75, 3.05) is 19.8 Å². The Morgan fingerprint density at radius 2 is 2.08 bits per heavy atom. The lowest BCUT2D eigenvalue weighted by Gasteiger charge is -2.23. The monoisotopic (exact) mass is 346 g/mol. The molecule has 24 heavy (non-hydrogen) atoms. The van der Waals surface area contributed by atoms with Gasteiger partial charge in [0.2, 0.25) is 0 Å². The molecule has 0 radical (unpaired) electrons. The molecule has 2 N–H and O–H groups in total. The number of rotatable bonds is 6. The van der Waals surface area contributed by atoms with Crippen molar-refractivity contribution in [3.63, 3.8) is 0 Å². The Hall–Kier alpha value is -2.02. The minimum Gasteiger partial charge on any atom is -0.355 e. The predicted octanol–water partition coefficient (Wildman–Crippen LogP) is 2.38. The molecule has 0 aromatic carbocycles. The van der Waals surface area contributed by atoms with Crippen molar-refractivity contribution in [1.29, 1.82) is 0 Å². The summed E-state index contributed by atoms with van der Waals surface area (Å²) in [5, 5.41) is 6.68. The average molecular weight is 347 g/mol. The summed E-state index contributed by atoms with van der Waals surface area (Å²) in [5.41, 5.74) is 1.10. The molecule has 2 aromatic heterocycles. The van der Waals surface area contributed by atoms with Gasteiger partial charge in [0, 0.05) is 43.5 Å². The van der Waals surface area contributed by atoms with Gasteiger partial charge in [-0.3, -0.25) is 9.56 Å². The van der Waals surface area contributed by atoms with Crippen molar-refractivity contribution in [3.8, 4) is 5.82 Å². The van der Waals surface area contributed by atoms with Crippen molar-refractivity contribution in [2.24, 2.45) is 4.99 Å². The van der Waals surface area contributed by atoms with Crippen LogP contribution in [0.15, 0.2) is 35.7 Å². The van der Waals surface area contributed by atoms with Crippen LogP contribution in [0.2, 0.25) is 0 Å². The number of hydrogen-bond acceptors (Lipinski definition) is 4. The van der Waals surface area contributed by atoms with Crippen LogP contribution < -0.4 is 10.6 Å². The molecule has 2 rings (SSSR count). The largest absolute Gasteiger partial charge is 0.355 e. The fourth-order valence-electron chi connectivity index (χ4n) is 2.06. The highest BCUT2D eigenvalue weighted by Crippen LogP contribution is 2.19. The summed E-state index contributed by atoms with van der Waals surface area (Å²) in [7, 11) is 1.78. The molecular formula is C17H26N6S. The minimum absolute atomic E-state index is 0.170.